The second-order valence-electron chi connectivity index (χ2n) is 5.47. The lowest BCUT2D eigenvalue weighted by molar-refractivity contribution is -0.147. The van der Waals surface area contributed by atoms with E-state index in [4.69, 9.17) is 5.11 Å². The molecule has 0 spiro atoms. The van der Waals surface area contributed by atoms with Gasteiger partial charge in [0.25, 0.3) is 0 Å². The summed E-state index contributed by atoms with van der Waals surface area (Å²) in [6.07, 6.45) is 0.671. The van der Waals surface area contributed by atoms with Gasteiger partial charge in [0, 0.05) is 13.1 Å². The van der Waals surface area contributed by atoms with Crippen molar-refractivity contribution in [3.05, 3.63) is 0 Å². The van der Waals surface area contributed by atoms with E-state index in [1.54, 1.807) is 4.90 Å². The average molecular weight is 286 g/mol. The number of hydrogen-bond donors (Lipinski definition) is 2. The third-order valence-electron chi connectivity index (χ3n) is 3.35. The van der Waals surface area contributed by atoms with Gasteiger partial charge in [0.1, 0.15) is 6.04 Å². The van der Waals surface area contributed by atoms with Crippen molar-refractivity contribution in [2.24, 2.45) is 11.8 Å². The molecule has 0 aromatic heterocycles. The third-order valence-corrected chi connectivity index (χ3v) is 3.35. The number of carbonyl (C=O) groups is 3. The molecule has 7 nitrogen and oxygen atoms in total. The van der Waals surface area contributed by atoms with Gasteiger partial charge < -0.3 is 20.1 Å². The second kappa shape index (κ2) is 7.12. The van der Waals surface area contributed by atoms with Gasteiger partial charge in [0.15, 0.2) is 0 Å². The number of urea groups is 1. The van der Waals surface area contributed by atoms with Crippen LogP contribution in [0.25, 0.3) is 0 Å². The number of nitrogens with zero attached hydrogens (tertiary/aromatic N) is 1. The van der Waals surface area contributed by atoms with Crippen LogP contribution >= 0.6 is 0 Å². The highest BCUT2D eigenvalue weighted by molar-refractivity contribution is 5.86. The Morgan fingerprint density at radius 2 is 1.85 bits per heavy atom. The predicted octanol–water partition coefficient (Wildman–Crippen LogP) is 0.690. The zero-order valence-corrected chi connectivity index (χ0v) is 12.1. The fraction of sp³-hybridized carbons (Fsp3) is 0.769. The Bertz CT molecular complexity index is 375. The van der Waals surface area contributed by atoms with Crippen LogP contribution in [0.1, 0.15) is 26.7 Å². The summed E-state index contributed by atoms with van der Waals surface area (Å²) in [5.74, 6) is -1.15. The van der Waals surface area contributed by atoms with Crippen LogP contribution in [0.2, 0.25) is 0 Å². The van der Waals surface area contributed by atoms with E-state index in [1.807, 2.05) is 0 Å². The van der Waals surface area contributed by atoms with E-state index in [1.165, 1.54) is 7.11 Å². The van der Waals surface area contributed by atoms with Crippen LogP contribution in [0.4, 0.5) is 4.79 Å². The number of rotatable bonds is 4. The molecule has 114 valence electrons. The number of carbonyl (C=O) groups excluding carboxylic acids is 2. The summed E-state index contributed by atoms with van der Waals surface area (Å²) in [7, 11) is 1.18. The molecule has 2 N–H and O–H groups in total. The van der Waals surface area contributed by atoms with Crippen LogP contribution in [-0.2, 0) is 14.3 Å². The van der Waals surface area contributed by atoms with Crippen molar-refractivity contribution in [1.82, 2.24) is 10.2 Å². The molecular formula is C13H22N2O5. The lowest BCUT2D eigenvalue weighted by Crippen LogP contribution is -2.52. The predicted molar refractivity (Wildman–Crippen MR) is 71.1 cm³/mol. The van der Waals surface area contributed by atoms with Gasteiger partial charge in [-0.1, -0.05) is 13.8 Å². The molecule has 0 bridgehead atoms. The summed E-state index contributed by atoms with van der Waals surface area (Å²) in [4.78, 5) is 35.9. The SMILES string of the molecule is COC(=O)C[C@H](NC(=O)N1CC(C)CC(C)C1)C(=O)O. The van der Waals surface area contributed by atoms with Gasteiger partial charge in [-0.25, -0.2) is 9.59 Å². The number of ether oxygens (including phenoxy) is 1. The van der Waals surface area contributed by atoms with Crippen molar-refractivity contribution in [1.29, 1.82) is 0 Å². The number of piperidine rings is 1. The zero-order chi connectivity index (χ0) is 15.3. The molecule has 1 fully saturated rings. The van der Waals surface area contributed by atoms with Crippen LogP contribution in [0.5, 0.6) is 0 Å². The summed E-state index contributed by atoms with van der Waals surface area (Å²) in [5.41, 5.74) is 0. The van der Waals surface area contributed by atoms with Crippen LogP contribution in [0, 0.1) is 11.8 Å². The maximum atomic E-state index is 12.1. The van der Waals surface area contributed by atoms with Crippen molar-refractivity contribution in [3.63, 3.8) is 0 Å². The molecule has 3 atom stereocenters. The topological polar surface area (TPSA) is 95.9 Å². The molecular weight excluding hydrogens is 264 g/mol. The fourth-order valence-corrected chi connectivity index (χ4v) is 2.52. The Morgan fingerprint density at radius 1 is 1.30 bits per heavy atom. The lowest BCUT2D eigenvalue weighted by Gasteiger charge is -2.35. The molecule has 0 saturated carbocycles. The summed E-state index contributed by atoms with van der Waals surface area (Å²) < 4.78 is 4.42. The molecule has 1 rings (SSSR count). The Kier molecular flexibility index (Phi) is 5.79. The first-order chi connectivity index (χ1) is 9.33. The number of aliphatic carboxylic acids is 1. The highest BCUT2D eigenvalue weighted by atomic mass is 16.5. The molecule has 2 unspecified atom stereocenters. The van der Waals surface area contributed by atoms with Gasteiger partial charge in [-0.05, 0) is 18.3 Å². The minimum absolute atomic E-state index is 0.378. The number of likely N-dealkylation sites (tertiary alicyclic amines) is 1. The minimum Gasteiger partial charge on any atom is -0.480 e. The molecule has 1 saturated heterocycles. The summed E-state index contributed by atoms with van der Waals surface area (Å²) in [6, 6.07) is -1.71. The van der Waals surface area contributed by atoms with Crippen molar-refractivity contribution < 1.29 is 24.2 Å². The number of carboxylic acid groups (broad SMARTS) is 1. The number of esters is 1. The van der Waals surface area contributed by atoms with Gasteiger partial charge in [0.05, 0.1) is 13.5 Å². The second-order valence-corrected chi connectivity index (χ2v) is 5.47. The molecule has 0 radical (unpaired) electrons. The van der Waals surface area contributed by atoms with Crippen molar-refractivity contribution in [3.8, 4) is 0 Å². The first kappa shape index (κ1) is 16.3. The number of carboxylic acids is 1. The van der Waals surface area contributed by atoms with Crippen LogP contribution < -0.4 is 5.32 Å². The molecule has 1 aliphatic heterocycles. The van der Waals surface area contributed by atoms with Gasteiger partial charge in [-0.3, -0.25) is 4.79 Å². The largest absolute Gasteiger partial charge is 0.480 e. The van der Waals surface area contributed by atoms with Crippen molar-refractivity contribution in [2.45, 2.75) is 32.7 Å². The molecule has 1 aliphatic rings. The van der Waals surface area contributed by atoms with Crippen LogP contribution in [0.15, 0.2) is 0 Å². The Hall–Kier alpha value is -1.79. The standard InChI is InChI=1S/C13H22N2O5/c1-8-4-9(2)7-15(6-8)13(19)14-10(12(17)18)5-11(16)20-3/h8-10H,4-7H2,1-3H3,(H,14,19)(H,17,18)/t8?,9?,10-/m0/s1. The smallest absolute Gasteiger partial charge is 0.326 e. The quantitative estimate of drug-likeness (QED) is 0.741. The number of nitrogens with one attached hydrogen (secondary N) is 1. The van der Waals surface area contributed by atoms with Gasteiger partial charge in [-0.15, -0.1) is 0 Å². The van der Waals surface area contributed by atoms with Gasteiger partial charge in [-0.2, -0.15) is 0 Å². The Balaban J connectivity index is 2.61. The molecule has 2 amide bonds. The maximum Gasteiger partial charge on any atom is 0.326 e. The number of methoxy groups -OCH3 is 1. The molecule has 0 aromatic rings. The molecule has 7 heteroatoms. The van der Waals surface area contributed by atoms with E-state index in [0.717, 1.165) is 6.42 Å². The van der Waals surface area contributed by atoms with Gasteiger partial charge in [0.2, 0.25) is 0 Å². The highest BCUT2D eigenvalue weighted by Crippen LogP contribution is 2.20. The van der Waals surface area contributed by atoms with E-state index in [9.17, 15) is 14.4 Å². The van der Waals surface area contributed by atoms with E-state index in [-0.39, 0.29) is 6.42 Å². The molecule has 1 heterocycles. The molecule has 0 aliphatic carbocycles. The monoisotopic (exact) mass is 286 g/mol. The van der Waals surface area contributed by atoms with E-state index in [0.29, 0.717) is 24.9 Å². The minimum atomic E-state index is -1.26. The Labute approximate surface area is 118 Å². The average Bonchev–Trinajstić information content (AvgIpc) is 2.36. The zero-order valence-electron chi connectivity index (χ0n) is 12.1. The number of hydrogen-bond acceptors (Lipinski definition) is 4. The molecule has 0 aromatic carbocycles. The lowest BCUT2D eigenvalue weighted by atomic mass is 9.92. The first-order valence-electron chi connectivity index (χ1n) is 6.68. The summed E-state index contributed by atoms with van der Waals surface area (Å²) >= 11 is 0. The number of amides is 2. The normalized spacial score (nSPS) is 23.9. The first-order valence-corrected chi connectivity index (χ1v) is 6.68. The van der Waals surface area contributed by atoms with E-state index in [2.05, 4.69) is 23.9 Å². The summed E-state index contributed by atoms with van der Waals surface area (Å²) in [6.45, 7) is 5.31. The van der Waals surface area contributed by atoms with Crippen LogP contribution in [0.3, 0.4) is 0 Å². The van der Waals surface area contributed by atoms with Gasteiger partial charge >= 0.3 is 18.0 Å². The maximum absolute atomic E-state index is 12.1. The van der Waals surface area contributed by atoms with E-state index < -0.39 is 24.0 Å². The Morgan fingerprint density at radius 3 is 2.30 bits per heavy atom. The highest BCUT2D eigenvalue weighted by Gasteiger charge is 2.29. The molecule has 20 heavy (non-hydrogen) atoms. The van der Waals surface area contributed by atoms with Crippen molar-refractivity contribution >= 4 is 18.0 Å². The summed E-state index contributed by atoms with van der Waals surface area (Å²) in [5, 5.41) is 11.4. The van der Waals surface area contributed by atoms with E-state index >= 15 is 0 Å². The van der Waals surface area contributed by atoms with Crippen molar-refractivity contribution in [2.75, 3.05) is 20.2 Å². The third kappa shape index (κ3) is 4.71. The fourth-order valence-electron chi connectivity index (χ4n) is 2.52. The van der Waals surface area contributed by atoms with Crippen LogP contribution in [-0.4, -0.2) is 54.2 Å².